The minimum Gasteiger partial charge on any atom is -0.468 e. The zero-order chi connectivity index (χ0) is 33.1. The van der Waals surface area contributed by atoms with E-state index in [1.807, 2.05) is 53.4 Å². The maximum Gasteiger partial charge on any atom is 0.325 e. The van der Waals surface area contributed by atoms with Crippen LogP contribution in [0.3, 0.4) is 0 Å². The lowest BCUT2D eigenvalue weighted by atomic mass is 9.85. The summed E-state index contributed by atoms with van der Waals surface area (Å²) in [6.45, 7) is 1.16. The molecule has 2 atom stereocenters. The summed E-state index contributed by atoms with van der Waals surface area (Å²) >= 11 is 12.4. The van der Waals surface area contributed by atoms with Crippen LogP contribution in [0.1, 0.15) is 29.5 Å². The number of likely N-dealkylation sites (tertiary alicyclic amines) is 1. The molecule has 0 unspecified atom stereocenters. The number of nitrogens with one attached hydrogen (secondary N) is 2. The summed E-state index contributed by atoms with van der Waals surface area (Å²) in [4.78, 5) is 59.1. The fourth-order valence-corrected chi connectivity index (χ4v) is 7.18. The Bertz CT molecular complexity index is 1660. The smallest absolute Gasteiger partial charge is 0.325 e. The van der Waals surface area contributed by atoms with Gasteiger partial charge in [0.15, 0.2) is 0 Å². The van der Waals surface area contributed by atoms with Crippen LogP contribution in [-0.2, 0) is 43.3 Å². The van der Waals surface area contributed by atoms with Gasteiger partial charge in [-0.3, -0.25) is 19.2 Å². The van der Waals surface area contributed by atoms with E-state index >= 15 is 0 Å². The lowest BCUT2D eigenvalue weighted by molar-refractivity contribution is -0.147. The molecule has 47 heavy (non-hydrogen) atoms. The summed E-state index contributed by atoms with van der Waals surface area (Å²) < 4.78 is 4.85. The van der Waals surface area contributed by atoms with Crippen LogP contribution in [0.25, 0.3) is 0 Å². The van der Waals surface area contributed by atoms with E-state index in [0.29, 0.717) is 35.9 Å². The number of rotatable bonds is 8. The minimum absolute atomic E-state index is 0.175. The van der Waals surface area contributed by atoms with Crippen LogP contribution in [0.2, 0.25) is 10.0 Å². The van der Waals surface area contributed by atoms with Gasteiger partial charge in [0.1, 0.15) is 18.1 Å². The number of anilines is 1. The van der Waals surface area contributed by atoms with Crippen molar-refractivity contribution >= 4 is 52.6 Å². The Hall–Kier alpha value is -4.12. The third-order valence-corrected chi connectivity index (χ3v) is 9.94. The van der Waals surface area contributed by atoms with Crippen molar-refractivity contribution in [2.24, 2.45) is 0 Å². The molecule has 3 aromatic carbocycles. The Labute approximate surface area is 283 Å². The van der Waals surface area contributed by atoms with Crippen LogP contribution >= 0.6 is 23.2 Å². The first-order chi connectivity index (χ1) is 22.7. The first-order valence-electron chi connectivity index (χ1n) is 15.7. The fourth-order valence-electron chi connectivity index (χ4n) is 6.86. The highest BCUT2D eigenvalue weighted by Crippen LogP contribution is 2.40. The van der Waals surface area contributed by atoms with Gasteiger partial charge in [0.2, 0.25) is 11.8 Å². The van der Waals surface area contributed by atoms with Crippen molar-refractivity contribution in [1.82, 2.24) is 20.4 Å². The number of hydrogen-bond acceptors (Lipinski definition) is 7. The third-order valence-electron chi connectivity index (χ3n) is 9.45. The number of hydrogen-bond donors (Lipinski definition) is 2. The molecule has 12 heteroatoms. The van der Waals surface area contributed by atoms with Crippen LogP contribution in [0, 0.1) is 0 Å². The second kappa shape index (κ2) is 13.9. The number of benzene rings is 3. The minimum atomic E-state index is -0.968. The van der Waals surface area contributed by atoms with Gasteiger partial charge in [0, 0.05) is 41.8 Å². The first-order valence-corrected chi connectivity index (χ1v) is 16.5. The topological polar surface area (TPSA) is 111 Å². The second-order valence-electron chi connectivity index (χ2n) is 12.3. The Morgan fingerprint density at radius 3 is 2.40 bits per heavy atom. The second-order valence-corrected chi connectivity index (χ2v) is 13.2. The van der Waals surface area contributed by atoms with E-state index in [4.69, 9.17) is 27.9 Å². The molecule has 2 fully saturated rings. The monoisotopic (exact) mass is 677 g/mol. The van der Waals surface area contributed by atoms with Gasteiger partial charge in [-0.25, -0.2) is 0 Å². The quantitative estimate of drug-likeness (QED) is 0.351. The zero-order valence-electron chi connectivity index (χ0n) is 26.1. The van der Waals surface area contributed by atoms with Gasteiger partial charge in [0.25, 0.3) is 5.91 Å². The number of esters is 1. The molecule has 2 saturated heterocycles. The van der Waals surface area contributed by atoms with Gasteiger partial charge in [0.05, 0.1) is 19.8 Å². The lowest BCUT2D eigenvalue weighted by Gasteiger charge is -2.44. The number of halogens is 2. The predicted molar refractivity (Wildman–Crippen MR) is 179 cm³/mol. The highest BCUT2D eigenvalue weighted by atomic mass is 35.5. The molecule has 3 amide bonds. The molecule has 3 aromatic rings. The normalized spacial score (nSPS) is 19.3. The van der Waals surface area contributed by atoms with Gasteiger partial charge in [-0.15, -0.1) is 0 Å². The molecule has 1 spiro atoms. The standard InChI is InChI=1S/C35H37Cl2N5O5/c1-47-31(43)21-41-22-42(28-8-4-7-27(37)19-28)35(34(41)46)13-15-40(16-14-35)33(45)30(17-23-9-11-26(36)12-10-23)39-32(44)29-18-24-5-2-3-6-25(24)20-38-29/h2-12,19,29-30,38H,13-18,20-22H2,1H3,(H,39,44)/t29-,30-/m1/s1. The highest BCUT2D eigenvalue weighted by molar-refractivity contribution is 6.31. The number of nitrogens with zero attached hydrogens (tertiary/aromatic N) is 3. The Morgan fingerprint density at radius 2 is 1.70 bits per heavy atom. The van der Waals surface area contributed by atoms with E-state index in [-0.39, 0.29) is 50.4 Å². The van der Waals surface area contributed by atoms with E-state index < -0.39 is 23.6 Å². The number of ether oxygens (including phenoxy) is 1. The van der Waals surface area contributed by atoms with E-state index in [9.17, 15) is 19.2 Å². The summed E-state index contributed by atoms with van der Waals surface area (Å²) in [7, 11) is 1.29. The van der Waals surface area contributed by atoms with Crippen molar-refractivity contribution < 1.29 is 23.9 Å². The molecule has 246 valence electrons. The number of piperidine rings is 1. The summed E-state index contributed by atoms with van der Waals surface area (Å²) in [5, 5.41) is 7.47. The molecular formula is C35H37Cl2N5O5. The summed E-state index contributed by atoms with van der Waals surface area (Å²) in [5.41, 5.74) is 2.92. The van der Waals surface area contributed by atoms with E-state index in [1.165, 1.54) is 12.0 Å². The van der Waals surface area contributed by atoms with Gasteiger partial charge in [-0.05, 0) is 66.3 Å². The third kappa shape index (κ3) is 6.95. The largest absolute Gasteiger partial charge is 0.468 e. The lowest BCUT2D eigenvalue weighted by Crippen LogP contribution is -2.60. The molecule has 0 aliphatic carbocycles. The van der Waals surface area contributed by atoms with E-state index in [2.05, 4.69) is 10.6 Å². The van der Waals surface area contributed by atoms with Crippen LogP contribution in [-0.4, -0.2) is 84.5 Å². The van der Waals surface area contributed by atoms with Gasteiger partial charge < -0.3 is 30.1 Å². The SMILES string of the molecule is COC(=O)CN1CN(c2cccc(Cl)c2)C2(CCN(C(=O)[C@@H](Cc3ccc(Cl)cc3)NC(=O)[C@H]3Cc4ccccc4CN3)CC2)C1=O. The van der Waals surface area contributed by atoms with Gasteiger partial charge in [-0.2, -0.15) is 0 Å². The Kier molecular flexibility index (Phi) is 9.72. The molecule has 0 radical (unpaired) electrons. The molecule has 3 aliphatic rings. The van der Waals surface area contributed by atoms with Crippen molar-refractivity contribution in [2.75, 3.05) is 38.3 Å². The summed E-state index contributed by atoms with van der Waals surface area (Å²) in [6.07, 6.45) is 1.49. The van der Waals surface area contributed by atoms with Crippen LogP contribution in [0.4, 0.5) is 5.69 Å². The molecular weight excluding hydrogens is 641 g/mol. The number of carbonyl (C=O) groups is 4. The van der Waals surface area contributed by atoms with Crippen molar-refractivity contribution in [1.29, 1.82) is 0 Å². The van der Waals surface area contributed by atoms with Gasteiger partial charge >= 0.3 is 5.97 Å². The highest BCUT2D eigenvalue weighted by Gasteiger charge is 2.54. The average molecular weight is 679 g/mol. The van der Waals surface area contributed by atoms with Gasteiger partial charge in [-0.1, -0.05) is 65.7 Å². The maximum absolute atomic E-state index is 14.2. The maximum atomic E-state index is 14.2. The van der Waals surface area contributed by atoms with E-state index in [0.717, 1.165) is 22.4 Å². The Morgan fingerprint density at radius 1 is 0.979 bits per heavy atom. The van der Waals surface area contributed by atoms with Crippen molar-refractivity contribution in [3.63, 3.8) is 0 Å². The predicted octanol–water partition coefficient (Wildman–Crippen LogP) is 3.58. The zero-order valence-corrected chi connectivity index (χ0v) is 27.6. The molecule has 0 bridgehead atoms. The van der Waals surface area contributed by atoms with E-state index in [1.54, 1.807) is 29.2 Å². The van der Waals surface area contributed by atoms with Crippen LogP contribution in [0.15, 0.2) is 72.8 Å². The first kappa shape index (κ1) is 32.8. The van der Waals surface area contributed by atoms with Crippen molar-refractivity contribution in [2.45, 2.75) is 49.9 Å². The molecule has 0 saturated carbocycles. The average Bonchev–Trinajstić information content (AvgIpc) is 3.34. The molecule has 3 aliphatic heterocycles. The van der Waals surface area contributed by atoms with Crippen molar-refractivity contribution in [3.8, 4) is 0 Å². The summed E-state index contributed by atoms with van der Waals surface area (Å²) in [6, 6.07) is 21.2. The number of amides is 3. The fraction of sp³-hybridized carbons (Fsp3) is 0.371. The summed E-state index contributed by atoms with van der Waals surface area (Å²) in [5.74, 6) is -1.15. The van der Waals surface area contributed by atoms with Crippen LogP contribution in [0.5, 0.6) is 0 Å². The Balaban J connectivity index is 1.21. The number of methoxy groups -OCH3 is 1. The number of fused-ring (bicyclic) bond motifs is 1. The molecule has 0 aromatic heterocycles. The molecule has 2 N–H and O–H groups in total. The molecule has 6 rings (SSSR count). The van der Waals surface area contributed by atoms with Crippen molar-refractivity contribution in [3.05, 3.63) is 99.5 Å². The molecule has 10 nitrogen and oxygen atoms in total. The number of carbonyl (C=O) groups excluding carboxylic acids is 4. The molecule has 3 heterocycles. The van der Waals surface area contributed by atoms with Crippen LogP contribution < -0.4 is 15.5 Å².